The van der Waals surface area contributed by atoms with Crippen molar-refractivity contribution in [3.8, 4) is 0 Å². The Balaban J connectivity index is 0.00000331. The van der Waals surface area contributed by atoms with E-state index in [4.69, 9.17) is 0 Å². The van der Waals surface area contributed by atoms with Gasteiger partial charge in [0.1, 0.15) is 0 Å². The van der Waals surface area contributed by atoms with E-state index in [1.807, 2.05) is 24.3 Å². The van der Waals surface area contributed by atoms with Crippen LogP contribution in [0.4, 0.5) is 22.7 Å². The van der Waals surface area contributed by atoms with E-state index in [0.717, 1.165) is 65.2 Å². The zero-order valence-electron chi connectivity index (χ0n) is 35.8. The van der Waals surface area contributed by atoms with Crippen LogP contribution in [-0.4, -0.2) is 133 Å². The maximum Gasteiger partial charge on any atom is 0.198 e. The average Bonchev–Trinajstić information content (AvgIpc) is 3.25. The molecule has 0 bridgehead atoms. The van der Waals surface area contributed by atoms with Crippen LogP contribution in [0.2, 0.25) is 0 Å². The molecule has 0 spiro atoms. The number of carbonyl (C=O) groups is 4. The summed E-state index contributed by atoms with van der Waals surface area (Å²) in [5.74, 6) is -0.754. The highest BCUT2D eigenvalue weighted by Gasteiger charge is 2.35. The first-order chi connectivity index (χ1) is 28.2. The second kappa shape index (κ2) is 24.1. The molecule has 6 rings (SSSR count). The highest BCUT2D eigenvalue weighted by atomic mass is 35.5. The SMILES string of the molecule is CCN(CC)CCNc1ccc(NCCCN(C)CCCNc2ccc(NCCN(CC)CC)c3c2C(=O)c2cnccc2C3=O)c2c1C(=O)c1ccncc1C2=O.Cl.Cl.Cl. The van der Waals surface area contributed by atoms with E-state index in [1.165, 1.54) is 12.4 Å². The van der Waals surface area contributed by atoms with Gasteiger partial charge in [0.15, 0.2) is 23.1 Å². The van der Waals surface area contributed by atoms with E-state index >= 15 is 0 Å². The molecular weight excluding hydrogens is 837 g/mol. The summed E-state index contributed by atoms with van der Waals surface area (Å²) in [5, 5.41) is 13.8. The van der Waals surface area contributed by atoms with Gasteiger partial charge >= 0.3 is 0 Å². The predicted octanol–water partition coefficient (Wildman–Crippen LogP) is 7.04. The van der Waals surface area contributed by atoms with Crippen LogP contribution < -0.4 is 21.3 Å². The lowest BCUT2D eigenvalue weighted by atomic mass is 9.83. The Bertz CT molecular complexity index is 2000. The summed E-state index contributed by atoms with van der Waals surface area (Å²) in [6.45, 7) is 18.0. The standard InChI is InChI=1S/C45H57N9O4.3ClH/c1-6-53(7-2)26-22-50-36-14-12-34(40-38(36)42(55)30-16-20-46-28-32(30)44(40)57)48-18-10-24-52(5)25-11-19-49-35-13-15-37(51-23-27-54(8-3)9-4)39-41(35)45(58)33-29-47-21-17-31(33)43(39)56;;;/h12-17,20-21,28-29,48-51H,6-11,18-19,22-27H2,1-5H3;3*1H. The van der Waals surface area contributed by atoms with Crippen LogP contribution >= 0.6 is 37.2 Å². The van der Waals surface area contributed by atoms with Crippen molar-refractivity contribution in [1.82, 2.24) is 24.7 Å². The summed E-state index contributed by atoms with van der Waals surface area (Å²) in [6, 6.07) is 10.8. The third kappa shape index (κ3) is 11.4. The number of hydrogen-bond acceptors (Lipinski definition) is 13. The van der Waals surface area contributed by atoms with Crippen molar-refractivity contribution < 1.29 is 19.2 Å². The van der Waals surface area contributed by atoms with Crippen LogP contribution in [0, 0.1) is 0 Å². The smallest absolute Gasteiger partial charge is 0.198 e. The Hall–Kier alpha value is -4.63. The van der Waals surface area contributed by atoms with Gasteiger partial charge in [-0.15, -0.1) is 37.2 Å². The van der Waals surface area contributed by atoms with Crippen molar-refractivity contribution in [1.29, 1.82) is 0 Å². The third-order valence-corrected chi connectivity index (χ3v) is 11.3. The molecule has 0 aliphatic heterocycles. The van der Waals surface area contributed by atoms with Crippen molar-refractivity contribution in [2.75, 3.05) is 107 Å². The zero-order valence-corrected chi connectivity index (χ0v) is 38.2. The van der Waals surface area contributed by atoms with Crippen LogP contribution in [-0.2, 0) is 0 Å². The molecule has 2 aliphatic carbocycles. The molecule has 0 saturated carbocycles. The summed E-state index contributed by atoms with van der Waals surface area (Å²) in [7, 11) is 2.07. The van der Waals surface area contributed by atoms with Gasteiger partial charge in [-0.05, 0) is 95.6 Å². The number of benzene rings is 2. The molecule has 0 saturated heterocycles. The maximum atomic E-state index is 13.8. The topological polar surface area (TPSA) is 152 Å². The molecule has 2 heterocycles. The van der Waals surface area contributed by atoms with E-state index in [2.05, 4.69) is 80.7 Å². The Morgan fingerprint density at radius 3 is 1.08 bits per heavy atom. The van der Waals surface area contributed by atoms with Crippen molar-refractivity contribution in [2.24, 2.45) is 0 Å². The van der Waals surface area contributed by atoms with Crippen molar-refractivity contribution in [3.05, 3.63) is 106 Å². The van der Waals surface area contributed by atoms with E-state index < -0.39 is 0 Å². The zero-order chi connectivity index (χ0) is 41.2. The molecule has 0 fully saturated rings. The quantitative estimate of drug-likeness (QED) is 0.0517. The second-order valence-corrected chi connectivity index (χ2v) is 14.8. The number of fused-ring (bicyclic) bond motifs is 4. The number of pyridine rings is 2. The van der Waals surface area contributed by atoms with Crippen LogP contribution in [0.15, 0.2) is 61.2 Å². The van der Waals surface area contributed by atoms with Crippen LogP contribution in [0.25, 0.3) is 0 Å². The van der Waals surface area contributed by atoms with Gasteiger partial charge in [-0.2, -0.15) is 0 Å². The Morgan fingerprint density at radius 2 is 0.754 bits per heavy atom. The summed E-state index contributed by atoms with van der Waals surface area (Å²) >= 11 is 0. The molecule has 13 nitrogen and oxygen atoms in total. The molecular formula is C45H60Cl3N9O4. The summed E-state index contributed by atoms with van der Waals surface area (Å²) < 4.78 is 0. The number of aromatic nitrogens is 2. The fourth-order valence-corrected chi connectivity index (χ4v) is 7.86. The van der Waals surface area contributed by atoms with Gasteiger partial charge in [-0.25, -0.2) is 0 Å². The number of carbonyl (C=O) groups excluding carboxylic acids is 4. The molecule has 61 heavy (non-hydrogen) atoms. The number of rotatable bonds is 22. The second-order valence-electron chi connectivity index (χ2n) is 14.8. The van der Waals surface area contributed by atoms with Crippen molar-refractivity contribution >= 4 is 83.1 Å². The fourth-order valence-electron chi connectivity index (χ4n) is 7.86. The minimum Gasteiger partial charge on any atom is -0.384 e. The van der Waals surface area contributed by atoms with Crippen LogP contribution in [0.1, 0.15) is 104 Å². The Kier molecular flexibility index (Phi) is 20.1. The van der Waals surface area contributed by atoms with E-state index in [0.29, 0.717) is 93.4 Å². The van der Waals surface area contributed by atoms with Gasteiger partial charge in [-0.1, -0.05) is 27.7 Å². The van der Waals surface area contributed by atoms with E-state index in [1.54, 1.807) is 24.5 Å². The van der Waals surface area contributed by atoms with Crippen LogP contribution in [0.3, 0.4) is 0 Å². The minimum atomic E-state index is -0.202. The first-order valence-corrected chi connectivity index (χ1v) is 20.7. The minimum absolute atomic E-state index is 0. The first kappa shape index (κ1) is 50.7. The number of nitrogens with zero attached hydrogens (tertiary/aromatic N) is 5. The molecule has 2 aromatic carbocycles. The van der Waals surface area contributed by atoms with Crippen molar-refractivity contribution in [3.63, 3.8) is 0 Å². The van der Waals surface area contributed by atoms with Gasteiger partial charge < -0.3 is 36.0 Å². The number of likely N-dealkylation sites (N-methyl/N-ethyl adjacent to an activating group) is 2. The number of hydrogen-bond donors (Lipinski definition) is 4. The lowest BCUT2D eigenvalue weighted by Gasteiger charge is -2.25. The van der Waals surface area contributed by atoms with Crippen LogP contribution in [0.5, 0.6) is 0 Å². The summed E-state index contributed by atoms with van der Waals surface area (Å²) in [4.78, 5) is 70.4. The molecule has 4 aromatic rings. The number of nitrogens with one attached hydrogen (secondary N) is 4. The van der Waals surface area contributed by atoms with Gasteiger partial charge in [0.2, 0.25) is 0 Å². The largest absolute Gasteiger partial charge is 0.384 e. The van der Waals surface area contributed by atoms with Gasteiger partial charge in [0, 0.05) is 97.9 Å². The number of halogens is 3. The molecule has 16 heteroatoms. The average molecular weight is 897 g/mol. The van der Waals surface area contributed by atoms with Gasteiger partial charge in [0.25, 0.3) is 0 Å². The normalized spacial score (nSPS) is 12.5. The lowest BCUT2D eigenvalue weighted by Crippen LogP contribution is -2.30. The number of ketones is 4. The molecule has 0 unspecified atom stereocenters. The lowest BCUT2D eigenvalue weighted by molar-refractivity contribution is 0.0980. The van der Waals surface area contributed by atoms with Gasteiger partial charge in [-0.3, -0.25) is 29.1 Å². The highest BCUT2D eigenvalue weighted by Crippen LogP contribution is 2.38. The molecule has 2 aliphatic rings. The Labute approximate surface area is 378 Å². The summed E-state index contributed by atoms with van der Waals surface area (Å²) in [6.07, 6.45) is 7.69. The van der Waals surface area contributed by atoms with E-state index in [9.17, 15) is 19.2 Å². The van der Waals surface area contributed by atoms with E-state index in [-0.39, 0.29) is 60.4 Å². The maximum absolute atomic E-state index is 13.8. The molecule has 330 valence electrons. The monoisotopic (exact) mass is 895 g/mol. The molecule has 0 atom stereocenters. The summed E-state index contributed by atoms with van der Waals surface area (Å²) in [5.41, 5.74) is 5.63. The molecule has 0 amide bonds. The Morgan fingerprint density at radius 1 is 0.443 bits per heavy atom. The number of anilines is 4. The molecule has 4 N–H and O–H groups in total. The molecule has 2 aromatic heterocycles. The van der Waals surface area contributed by atoms with Crippen molar-refractivity contribution in [2.45, 2.75) is 40.5 Å². The first-order valence-electron chi connectivity index (χ1n) is 20.7. The fraction of sp³-hybridized carbons (Fsp3) is 0.422. The highest BCUT2D eigenvalue weighted by molar-refractivity contribution is 6.32. The molecule has 0 radical (unpaired) electrons. The predicted molar refractivity (Wildman–Crippen MR) is 253 cm³/mol. The third-order valence-electron chi connectivity index (χ3n) is 11.3. The van der Waals surface area contributed by atoms with Gasteiger partial charge in [0.05, 0.1) is 33.4 Å².